The van der Waals surface area contributed by atoms with Crippen molar-refractivity contribution in [1.29, 1.82) is 0 Å². The summed E-state index contributed by atoms with van der Waals surface area (Å²) in [5.41, 5.74) is 3.65. The van der Waals surface area contributed by atoms with Gasteiger partial charge in [-0.1, -0.05) is 30.3 Å². The van der Waals surface area contributed by atoms with E-state index >= 15 is 0 Å². The number of pyridine rings is 2. The number of carbonyl (C=O) groups is 1. The zero-order chi connectivity index (χ0) is 22.6. The first-order valence-electron chi connectivity index (χ1n) is 10.5. The van der Waals surface area contributed by atoms with Crippen molar-refractivity contribution in [1.82, 2.24) is 34.6 Å². The Balaban J connectivity index is 1.33. The van der Waals surface area contributed by atoms with E-state index in [1.54, 1.807) is 41.9 Å². The average Bonchev–Trinajstić information content (AvgIpc) is 3.49. The van der Waals surface area contributed by atoms with Crippen LogP contribution in [0.25, 0.3) is 16.6 Å². The molecule has 2 amide bonds. The van der Waals surface area contributed by atoms with Gasteiger partial charge in [0.15, 0.2) is 0 Å². The molecule has 5 rings (SSSR count). The van der Waals surface area contributed by atoms with E-state index in [-0.39, 0.29) is 12.1 Å². The number of aromatic nitrogens is 6. The van der Waals surface area contributed by atoms with Crippen LogP contribution in [-0.4, -0.2) is 35.3 Å². The normalized spacial score (nSPS) is 11.9. The number of benzene rings is 1. The summed E-state index contributed by atoms with van der Waals surface area (Å²) in [7, 11) is 0. The average molecular weight is 438 g/mol. The number of carbonyl (C=O) groups excluding carboxylic acids is 1. The minimum atomic E-state index is -0.340. The van der Waals surface area contributed by atoms with E-state index in [1.807, 2.05) is 60.2 Å². The zero-order valence-corrected chi connectivity index (χ0v) is 18.0. The number of hydrogen-bond acceptors (Lipinski definition) is 5. The number of nitrogens with zero attached hydrogens (tertiary/aromatic N) is 6. The molecule has 0 bridgehead atoms. The van der Waals surface area contributed by atoms with Gasteiger partial charge in [-0.25, -0.2) is 19.4 Å². The van der Waals surface area contributed by atoms with Gasteiger partial charge in [0.2, 0.25) is 0 Å². The van der Waals surface area contributed by atoms with Crippen LogP contribution in [0.5, 0.6) is 0 Å². The molecule has 0 aliphatic heterocycles. The van der Waals surface area contributed by atoms with E-state index < -0.39 is 0 Å². The van der Waals surface area contributed by atoms with Crippen molar-refractivity contribution in [2.75, 3.05) is 5.32 Å². The van der Waals surface area contributed by atoms with Gasteiger partial charge in [-0.3, -0.25) is 10.3 Å². The van der Waals surface area contributed by atoms with Gasteiger partial charge in [0, 0.05) is 36.2 Å². The molecule has 1 aromatic carbocycles. The third-order valence-electron chi connectivity index (χ3n) is 5.28. The van der Waals surface area contributed by atoms with Crippen LogP contribution in [0.3, 0.4) is 0 Å². The SMILES string of the molecule is Cc1cc(-n2ncc3cc(NC(=O)NC(Cn4ccnc4)c4ccccc4)ncc32)ccn1. The Morgan fingerprint density at radius 3 is 2.73 bits per heavy atom. The van der Waals surface area contributed by atoms with Crippen molar-refractivity contribution in [3.8, 4) is 5.69 Å². The Hall–Kier alpha value is -4.53. The van der Waals surface area contributed by atoms with Crippen molar-refractivity contribution in [3.05, 3.63) is 97.1 Å². The Morgan fingerprint density at radius 2 is 1.94 bits per heavy atom. The van der Waals surface area contributed by atoms with Crippen LogP contribution in [0.2, 0.25) is 0 Å². The van der Waals surface area contributed by atoms with Crippen molar-refractivity contribution in [3.63, 3.8) is 0 Å². The molecular weight excluding hydrogens is 416 g/mol. The number of fused-ring (bicyclic) bond motifs is 1. The lowest BCUT2D eigenvalue weighted by Gasteiger charge is -2.20. The molecule has 164 valence electrons. The molecule has 4 aromatic heterocycles. The summed E-state index contributed by atoms with van der Waals surface area (Å²) in [6.07, 6.45) is 10.5. The van der Waals surface area contributed by atoms with Crippen molar-refractivity contribution in [2.24, 2.45) is 0 Å². The molecule has 0 aliphatic carbocycles. The van der Waals surface area contributed by atoms with Gasteiger partial charge in [0.25, 0.3) is 0 Å². The highest BCUT2D eigenvalue weighted by atomic mass is 16.2. The second-order valence-electron chi connectivity index (χ2n) is 7.66. The Bertz CT molecular complexity index is 1380. The molecule has 1 unspecified atom stereocenters. The second kappa shape index (κ2) is 8.91. The number of amides is 2. The maximum Gasteiger partial charge on any atom is 0.320 e. The van der Waals surface area contributed by atoms with E-state index in [2.05, 4.69) is 30.7 Å². The molecule has 5 aromatic rings. The maximum absolute atomic E-state index is 12.8. The summed E-state index contributed by atoms with van der Waals surface area (Å²) in [5.74, 6) is 0.444. The van der Waals surface area contributed by atoms with Gasteiger partial charge in [0.1, 0.15) is 5.82 Å². The molecule has 0 saturated heterocycles. The van der Waals surface area contributed by atoms with Gasteiger partial charge < -0.3 is 9.88 Å². The predicted octanol–water partition coefficient (Wildman–Crippen LogP) is 3.88. The van der Waals surface area contributed by atoms with Gasteiger partial charge in [-0.2, -0.15) is 5.10 Å². The highest BCUT2D eigenvalue weighted by molar-refractivity contribution is 5.91. The highest BCUT2D eigenvalue weighted by Gasteiger charge is 2.16. The molecule has 2 N–H and O–H groups in total. The molecule has 0 aliphatic rings. The van der Waals surface area contributed by atoms with E-state index in [0.29, 0.717) is 12.4 Å². The van der Waals surface area contributed by atoms with Crippen LogP contribution < -0.4 is 10.6 Å². The first kappa shape index (κ1) is 20.4. The lowest BCUT2D eigenvalue weighted by Crippen LogP contribution is -2.34. The Kier molecular flexibility index (Phi) is 5.50. The summed E-state index contributed by atoms with van der Waals surface area (Å²) < 4.78 is 3.73. The molecule has 9 heteroatoms. The fourth-order valence-corrected chi connectivity index (χ4v) is 3.70. The number of nitrogens with one attached hydrogen (secondary N) is 2. The fraction of sp³-hybridized carbons (Fsp3) is 0.125. The number of urea groups is 1. The quantitative estimate of drug-likeness (QED) is 0.419. The molecule has 0 fully saturated rings. The molecule has 9 nitrogen and oxygen atoms in total. The highest BCUT2D eigenvalue weighted by Crippen LogP contribution is 2.21. The van der Waals surface area contributed by atoms with E-state index in [9.17, 15) is 4.79 Å². The summed E-state index contributed by atoms with van der Waals surface area (Å²) in [6.45, 7) is 2.49. The molecular formula is C24H22N8O. The van der Waals surface area contributed by atoms with E-state index in [1.165, 1.54) is 0 Å². The number of rotatable bonds is 6. The summed E-state index contributed by atoms with van der Waals surface area (Å²) in [6, 6.07) is 14.9. The molecule has 0 spiro atoms. The zero-order valence-electron chi connectivity index (χ0n) is 18.0. The van der Waals surface area contributed by atoms with Gasteiger partial charge in [-0.15, -0.1) is 0 Å². The van der Waals surface area contributed by atoms with Crippen LogP contribution in [-0.2, 0) is 6.54 Å². The smallest absolute Gasteiger partial charge is 0.320 e. The first-order valence-corrected chi connectivity index (χ1v) is 10.5. The van der Waals surface area contributed by atoms with Crippen molar-refractivity contribution >= 4 is 22.8 Å². The third kappa shape index (κ3) is 4.57. The molecule has 1 atom stereocenters. The molecule has 33 heavy (non-hydrogen) atoms. The number of hydrogen-bond donors (Lipinski definition) is 2. The van der Waals surface area contributed by atoms with E-state index in [4.69, 9.17) is 0 Å². The van der Waals surface area contributed by atoms with Gasteiger partial charge >= 0.3 is 6.03 Å². The molecule has 0 radical (unpaired) electrons. The van der Waals surface area contributed by atoms with Gasteiger partial charge in [-0.05, 0) is 30.7 Å². The number of imidazole rings is 1. The summed E-state index contributed by atoms with van der Waals surface area (Å²) >= 11 is 0. The number of anilines is 1. The van der Waals surface area contributed by atoms with Crippen molar-refractivity contribution in [2.45, 2.75) is 19.5 Å². The largest absolute Gasteiger partial charge is 0.335 e. The van der Waals surface area contributed by atoms with Gasteiger partial charge in [0.05, 0.1) is 36.0 Å². The topological polar surface area (TPSA) is 103 Å². The third-order valence-corrected chi connectivity index (χ3v) is 5.28. The maximum atomic E-state index is 12.8. The Labute approximate surface area is 190 Å². The minimum absolute atomic E-state index is 0.234. The predicted molar refractivity (Wildman–Crippen MR) is 125 cm³/mol. The lowest BCUT2D eigenvalue weighted by molar-refractivity contribution is 0.247. The summed E-state index contributed by atoms with van der Waals surface area (Å²) in [5, 5.41) is 11.2. The fourth-order valence-electron chi connectivity index (χ4n) is 3.70. The Morgan fingerprint density at radius 1 is 1.06 bits per heavy atom. The van der Waals surface area contributed by atoms with Crippen LogP contribution in [0.4, 0.5) is 10.6 Å². The minimum Gasteiger partial charge on any atom is -0.335 e. The second-order valence-corrected chi connectivity index (χ2v) is 7.66. The van der Waals surface area contributed by atoms with Crippen molar-refractivity contribution < 1.29 is 4.79 Å². The van der Waals surface area contributed by atoms with Crippen LogP contribution in [0.1, 0.15) is 17.3 Å². The first-order chi connectivity index (χ1) is 16.2. The van der Waals surface area contributed by atoms with Crippen LogP contribution >= 0.6 is 0 Å². The molecule has 0 saturated carbocycles. The standard InChI is InChI=1S/C24H22N8O/c1-17-11-20(7-8-26-17)32-22-14-27-23(12-19(22)13-28-32)30-24(33)29-21(15-31-10-9-25-16-31)18-5-3-2-4-6-18/h2-14,16,21H,15H2,1H3,(H2,27,29,30,33). The van der Waals surface area contributed by atoms with E-state index in [0.717, 1.165) is 27.8 Å². The molecule has 4 heterocycles. The van der Waals surface area contributed by atoms with Crippen LogP contribution in [0.15, 0.2) is 85.8 Å². The van der Waals surface area contributed by atoms with Crippen LogP contribution in [0, 0.1) is 6.92 Å². The lowest BCUT2D eigenvalue weighted by atomic mass is 10.1. The monoisotopic (exact) mass is 438 g/mol. The number of aryl methyl sites for hydroxylation is 1. The summed E-state index contributed by atoms with van der Waals surface area (Å²) in [4.78, 5) is 25.5.